The topological polar surface area (TPSA) is 112 Å². The molecule has 118 valence electrons. The maximum absolute atomic E-state index is 12.1. The monoisotopic (exact) mass is 313 g/mol. The Hall–Kier alpha value is -3.10. The number of aromatic nitrogens is 6. The summed E-state index contributed by atoms with van der Waals surface area (Å²) in [6.45, 7) is 3.71. The number of anilines is 1. The molecule has 0 radical (unpaired) electrons. The SMILES string of the molecule is Cc1nc(CCC(=O)Nc2ncnn2-c2ncccn2)oc1C. The van der Waals surface area contributed by atoms with Crippen LogP contribution in [0.2, 0.25) is 0 Å². The Labute approximate surface area is 131 Å². The van der Waals surface area contributed by atoms with E-state index in [1.165, 1.54) is 11.0 Å². The predicted molar refractivity (Wildman–Crippen MR) is 79.9 cm³/mol. The lowest BCUT2D eigenvalue weighted by Gasteiger charge is -2.05. The molecule has 0 saturated heterocycles. The van der Waals surface area contributed by atoms with Gasteiger partial charge in [0, 0.05) is 25.2 Å². The summed E-state index contributed by atoms with van der Waals surface area (Å²) in [4.78, 5) is 28.4. The highest BCUT2D eigenvalue weighted by molar-refractivity contribution is 5.89. The first-order chi connectivity index (χ1) is 11.1. The maximum atomic E-state index is 12.1. The van der Waals surface area contributed by atoms with Crippen LogP contribution in [0.4, 0.5) is 5.95 Å². The molecule has 0 aliphatic carbocycles. The van der Waals surface area contributed by atoms with Crippen LogP contribution in [-0.4, -0.2) is 35.6 Å². The van der Waals surface area contributed by atoms with Crippen LogP contribution < -0.4 is 5.32 Å². The summed E-state index contributed by atoms with van der Waals surface area (Å²) in [6, 6.07) is 1.69. The van der Waals surface area contributed by atoms with E-state index in [-0.39, 0.29) is 18.3 Å². The molecule has 0 bridgehead atoms. The van der Waals surface area contributed by atoms with Crippen molar-refractivity contribution in [1.29, 1.82) is 0 Å². The minimum Gasteiger partial charge on any atom is -0.446 e. The molecule has 3 heterocycles. The van der Waals surface area contributed by atoms with Gasteiger partial charge in [-0.1, -0.05) is 0 Å². The number of amides is 1. The van der Waals surface area contributed by atoms with Crippen molar-refractivity contribution >= 4 is 11.9 Å². The highest BCUT2D eigenvalue weighted by Gasteiger charge is 2.13. The molecule has 3 aromatic rings. The molecule has 0 atom stereocenters. The van der Waals surface area contributed by atoms with Crippen LogP contribution in [0.1, 0.15) is 23.8 Å². The van der Waals surface area contributed by atoms with Crippen molar-refractivity contribution in [2.75, 3.05) is 5.32 Å². The molecule has 0 aliphatic heterocycles. The Bertz CT molecular complexity index is 790. The van der Waals surface area contributed by atoms with Crippen LogP contribution in [-0.2, 0) is 11.2 Å². The fourth-order valence-electron chi connectivity index (χ4n) is 1.93. The molecule has 0 spiro atoms. The Kier molecular flexibility index (Phi) is 4.09. The molecule has 1 N–H and O–H groups in total. The summed E-state index contributed by atoms with van der Waals surface area (Å²) >= 11 is 0. The highest BCUT2D eigenvalue weighted by Crippen LogP contribution is 2.11. The Morgan fingerprint density at radius 1 is 1.26 bits per heavy atom. The van der Waals surface area contributed by atoms with Crippen molar-refractivity contribution in [3.05, 3.63) is 42.1 Å². The molecule has 0 fully saturated rings. The zero-order valence-corrected chi connectivity index (χ0v) is 12.7. The van der Waals surface area contributed by atoms with E-state index in [1.54, 1.807) is 18.5 Å². The van der Waals surface area contributed by atoms with E-state index >= 15 is 0 Å². The van der Waals surface area contributed by atoms with Gasteiger partial charge < -0.3 is 4.42 Å². The molecule has 3 rings (SSSR count). The van der Waals surface area contributed by atoms with Crippen LogP contribution in [0.3, 0.4) is 0 Å². The average Bonchev–Trinajstić information content (AvgIpc) is 3.13. The van der Waals surface area contributed by atoms with Crippen molar-refractivity contribution in [3.63, 3.8) is 0 Å². The number of hydrogen-bond acceptors (Lipinski definition) is 7. The quantitative estimate of drug-likeness (QED) is 0.754. The molecule has 0 aliphatic rings. The molecule has 0 saturated carbocycles. The number of carbonyl (C=O) groups is 1. The lowest BCUT2D eigenvalue weighted by Crippen LogP contribution is -2.17. The first-order valence-corrected chi connectivity index (χ1v) is 7.03. The van der Waals surface area contributed by atoms with Crippen molar-refractivity contribution < 1.29 is 9.21 Å². The zero-order chi connectivity index (χ0) is 16.2. The van der Waals surface area contributed by atoms with Gasteiger partial charge in [0.2, 0.25) is 11.9 Å². The van der Waals surface area contributed by atoms with E-state index in [2.05, 4.69) is 30.4 Å². The van der Waals surface area contributed by atoms with Gasteiger partial charge in [-0.25, -0.2) is 15.0 Å². The fourth-order valence-corrected chi connectivity index (χ4v) is 1.93. The normalized spacial score (nSPS) is 10.7. The largest absolute Gasteiger partial charge is 0.446 e. The van der Waals surface area contributed by atoms with E-state index in [1.807, 2.05) is 13.8 Å². The summed E-state index contributed by atoms with van der Waals surface area (Å²) < 4.78 is 6.81. The molecule has 23 heavy (non-hydrogen) atoms. The first-order valence-electron chi connectivity index (χ1n) is 7.03. The third-order valence-electron chi connectivity index (χ3n) is 3.18. The van der Waals surface area contributed by atoms with Gasteiger partial charge in [0.15, 0.2) is 5.89 Å². The van der Waals surface area contributed by atoms with Crippen LogP contribution in [0.25, 0.3) is 5.95 Å². The second-order valence-corrected chi connectivity index (χ2v) is 4.84. The van der Waals surface area contributed by atoms with Gasteiger partial charge in [-0.15, -0.1) is 0 Å². The number of nitrogens with zero attached hydrogens (tertiary/aromatic N) is 6. The lowest BCUT2D eigenvalue weighted by atomic mass is 10.3. The smallest absolute Gasteiger partial charge is 0.253 e. The van der Waals surface area contributed by atoms with E-state index in [0.29, 0.717) is 18.3 Å². The number of carbonyl (C=O) groups excluding carboxylic acids is 1. The molecule has 0 aromatic carbocycles. The maximum Gasteiger partial charge on any atom is 0.253 e. The van der Waals surface area contributed by atoms with Gasteiger partial charge in [-0.3, -0.25) is 10.1 Å². The van der Waals surface area contributed by atoms with Crippen LogP contribution >= 0.6 is 0 Å². The number of aryl methyl sites for hydroxylation is 3. The molecule has 0 unspecified atom stereocenters. The lowest BCUT2D eigenvalue weighted by molar-refractivity contribution is -0.116. The second-order valence-electron chi connectivity index (χ2n) is 4.84. The zero-order valence-electron chi connectivity index (χ0n) is 12.7. The third kappa shape index (κ3) is 3.39. The first kappa shape index (κ1) is 14.8. The summed E-state index contributed by atoms with van der Waals surface area (Å²) in [5.74, 6) is 1.69. The van der Waals surface area contributed by atoms with Gasteiger partial charge in [0.25, 0.3) is 5.95 Å². The second kappa shape index (κ2) is 6.34. The van der Waals surface area contributed by atoms with E-state index in [4.69, 9.17) is 4.42 Å². The Balaban J connectivity index is 1.64. The summed E-state index contributed by atoms with van der Waals surface area (Å²) in [6.07, 6.45) is 5.14. The Morgan fingerprint density at radius 2 is 2.04 bits per heavy atom. The number of oxazole rings is 1. The molecular weight excluding hydrogens is 298 g/mol. The fraction of sp³-hybridized carbons (Fsp3) is 0.286. The highest BCUT2D eigenvalue weighted by atomic mass is 16.4. The number of nitrogens with one attached hydrogen (secondary N) is 1. The summed E-state index contributed by atoms with van der Waals surface area (Å²) in [5.41, 5.74) is 0.835. The number of hydrogen-bond donors (Lipinski definition) is 1. The van der Waals surface area contributed by atoms with Crippen molar-refractivity contribution in [3.8, 4) is 5.95 Å². The van der Waals surface area contributed by atoms with Crippen molar-refractivity contribution in [2.24, 2.45) is 0 Å². The third-order valence-corrected chi connectivity index (χ3v) is 3.18. The van der Waals surface area contributed by atoms with E-state index < -0.39 is 0 Å². The van der Waals surface area contributed by atoms with Crippen LogP contribution in [0.5, 0.6) is 0 Å². The predicted octanol–water partition coefficient (Wildman–Crippen LogP) is 1.23. The molecule has 9 nitrogen and oxygen atoms in total. The van der Waals surface area contributed by atoms with Gasteiger partial charge >= 0.3 is 0 Å². The standard InChI is InChI=1S/C14H15N7O2/c1-9-10(2)23-12(19-9)5-4-11(22)20-14-17-8-18-21(14)13-15-6-3-7-16-13/h3,6-8H,4-5H2,1-2H3,(H,17,18,20,22). The van der Waals surface area contributed by atoms with Gasteiger partial charge in [0.05, 0.1) is 5.69 Å². The average molecular weight is 313 g/mol. The van der Waals surface area contributed by atoms with E-state index in [0.717, 1.165) is 11.5 Å². The van der Waals surface area contributed by atoms with E-state index in [9.17, 15) is 4.79 Å². The van der Waals surface area contributed by atoms with Crippen LogP contribution in [0, 0.1) is 13.8 Å². The van der Waals surface area contributed by atoms with Crippen molar-refractivity contribution in [2.45, 2.75) is 26.7 Å². The summed E-state index contributed by atoms with van der Waals surface area (Å²) in [7, 11) is 0. The van der Waals surface area contributed by atoms with Crippen LogP contribution in [0.15, 0.2) is 29.2 Å². The van der Waals surface area contributed by atoms with Gasteiger partial charge in [-0.2, -0.15) is 14.8 Å². The summed E-state index contributed by atoms with van der Waals surface area (Å²) in [5, 5.41) is 6.69. The minimum atomic E-state index is -0.219. The van der Waals surface area contributed by atoms with Gasteiger partial charge in [0.1, 0.15) is 12.1 Å². The Morgan fingerprint density at radius 3 is 2.74 bits per heavy atom. The minimum absolute atomic E-state index is 0.219. The molecular formula is C14H15N7O2. The molecule has 1 amide bonds. The molecule has 3 aromatic heterocycles. The van der Waals surface area contributed by atoms with Crippen molar-refractivity contribution in [1.82, 2.24) is 29.7 Å². The molecule has 9 heteroatoms. The number of rotatable bonds is 5. The van der Waals surface area contributed by atoms with Gasteiger partial charge in [-0.05, 0) is 19.9 Å².